The zero-order valence-corrected chi connectivity index (χ0v) is 15.2. The molecule has 0 aromatic heterocycles. The first-order chi connectivity index (χ1) is 12.1. The van der Waals surface area contributed by atoms with Gasteiger partial charge in [-0.2, -0.15) is 0 Å². The van der Waals surface area contributed by atoms with Crippen LogP contribution in [0.4, 0.5) is 0 Å². The summed E-state index contributed by atoms with van der Waals surface area (Å²) in [4.78, 5) is 14.9. The minimum atomic E-state index is 0.0887. The van der Waals surface area contributed by atoms with Crippen molar-refractivity contribution < 1.29 is 4.79 Å². The molecule has 3 nitrogen and oxygen atoms in total. The van der Waals surface area contributed by atoms with Crippen LogP contribution in [0.2, 0.25) is 0 Å². The Hall–Kier alpha value is -2.13. The van der Waals surface area contributed by atoms with Gasteiger partial charge in [0, 0.05) is 13.1 Å². The molecule has 3 rings (SSSR count). The Morgan fingerprint density at radius 2 is 1.72 bits per heavy atom. The van der Waals surface area contributed by atoms with Gasteiger partial charge in [-0.25, -0.2) is 0 Å². The summed E-state index contributed by atoms with van der Waals surface area (Å²) in [5.74, 6) is 0.654. The molecule has 3 heteroatoms. The predicted molar refractivity (Wildman–Crippen MR) is 102 cm³/mol. The minimum Gasteiger partial charge on any atom is -0.348 e. The molecule has 1 amide bonds. The Labute approximate surface area is 151 Å². The lowest BCUT2D eigenvalue weighted by atomic mass is 9.97. The van der Waals surface area contributed by atoms with E-state index in [1.807, 2.05) is 18.2 Å². The summed E-state index contributed by atoms with van der Waals surface area (Å²) in [6, 6.07) is 18.9. The van der Waals surface area contributed by atoms with E-state index in [2.05, 4.69) is 60.5 Å². The topological polar surface area (TPSA) is 32.3 Å². The molecule has 0 bridgehead atoms. The number of carbonyl (C=O) groups excluding carboxylic acids is 1. The average Bonchev–Trinajstić information content (AvgIpc) is 2.61. The van der Waals surface area contributed by atoms with Crippen LogP contribution >= 0.6 is 0 Å². The van der Waals surface area contributed by atoms with Crippen molar-refractivity contribution in [2.45, 2.75) is 39.3 Å². The van der Waals surface area contributed by atoms with Crippen LogP contribution in [0.1, 0.15) is 43.0 Å². The van der Waals surface area contributed by atoms with Crippen LogP contribution in [0.3, 0.4) is 0 Å². The molecule has 25 heavy (non-hydrogen) atoms. The number of rotatable bonds is 6. The van der Waals surface area contributed by atoms with Gasteiger partial charge in [0.15, 0.2) is 0 Å². The summed E-state index contributed by atoms with van der Waals surface area (Å²) >= 11 is 0. The van der Waals surface area contributed by atoms with Gasteiger partial charge in [-0.1, -0.05) is 68.4 Å². The van der Waals surface area contributed by atoms with E-state index in [-0.39, 0.29) is 11.9 Å². The van der Waals surface area contributed by atoms with Crippen LogP contribution in [0, 0.1) is 5.92 Å². The molecule has 0 fully saturated rings. The standard InChI is InChI=1S/C22H28N2O/c1-17(2)14-21(19-9-4-3-5-10-19)23-22(25)16-24-13-12-18-8-6-7-11-20(18)15-24/h3-11,17,21H,12-16H2,1-2H3,(H,23,25)/t21-/m1/s1. The SMILES string of the molecule is CC(C)C[C@@H](NC(=O)CN1CCc2ccccc2C1)c1ccccc1. The van der Waals surface area contributed by atoms with Crippen molar-refractivity contribution in [1.29, 1.82) is 0 Å². The maximum atomic E-state index is 12.6. The zero-order chi connectivity index (χ0) is 17.6. The zero-order valence-electron chi connectivity index (χ0n) is 15.2. The second-order valence-electron chi connectivity index (χ2n) is 7.39. The molecule has 1 N–H and O–H groups in total. The fourth-order valence-electron chi connectivity index (χ4n) is 3.57. The van der Waals surface area contributed by atoms with Crippen LogP contribution in [0.15, 0.2) is 54.6 Å². The number of nitrogens with zero attached hydrogens (tertiary/aromatic N) is 1. The third kappa shape index (κ3) is 4.93. The molecule has 0 saturated carbocycles. The van der Waals surface area contributed by atoms with Gasteiger partial charge in [0.05, 0.1) is 12.6 Å². The Kier molecular flexibility index (Phi) is 5.87. The van der Waals surface area contributed by atoms with Crippen LogP contribution in [0.25, 0.3) is 0 Å². The maximum absolute atomic E-state index is 12.6. The third-order valence-electron chi connectivity index (χ3n) is 4.82. The van der Waals surface area contributed by atoms with Gasteiger partial charge in [0.25, 0.3) is 0 Å². The molecular weight excluding hydrogens is 308 g/mol. The van der Waals surface area contributed by atoms with E-state index >= 15 is 0 Å². The van der Waals surface area contributed by atoms with Crippen molar-refractivity contribution in [3.8, 4) is 0 Å². The number of hydrogen-bond acceptors (Lipinski definition) is 2. The second-order valence-corrected chi connectivity index (χ2v) is 7.39. The van der Waals surface area contributed by atoms with Crippen molar-refractivity contribution in [2.75, 3.05) is 13.1 Å². The van der Waals surface area contributed by atoms with E-state index in [1.165, 1.54) is 16.7 Å². The molecule has 0 aliphatic carbocycles. The normalized spacial score (nSPS) is 15.6. The summed E-state index contributed by atoms with van der Waals surface area (Å²) < 4.78 is 0. The first kappa shape index (κ1) is 17.7. The van der Waals surface area contributed by atoms with Gasteiger partial charge >= 0.3 is 0 Å². The van der Waals surface area contributed by atoms with E-state index in [0.29, 0.717) is 12.5 Å². The van der Waals surface area contributed by atoms with Gasteiger partial charge < -0.3 is 5.32 Å². The monoisotopic (exact) mass is 336 g/mol. The number of carbonyl (C=O) groups is 1. The molecule has 1 aliphatic rings. The summed E-state index contributed by atoms with van der Waals surface area (Å²) in [6.07, 6.45) is 1.98. The Morgan fingerprint density at radius 1 is 1.04 bits per heavy atom. The van der Waals surface area contributed by atoms with Gasteiger partial charge in [0.1, 0.15) is 0 Å². The molecule has 0 radical (unpaired) electrons. The summed E-state index contributed by atoms with van der Waals surface area (Å²) in [6.45, 7) is 6.68. The fraction of sp³-hybridized carbons (Fsp3) is 0.409. The first-order valence-corrected chi connectivity index (χ1v) is 9.25. The Morgan fingerprint density at radius 3 is 2.44 bits per heavy atom. The highest BCUT2D eigenvalue weighted by molar-refractivity contribution is 5.78. The van der Waals surface area contributed by atoms with Crippen molar-refractivity contribution in [1.82, 2.24) is 10.2 Å². The number of benzene rings is 2. The maximum Gasteiger partial charge on any atom is 0.234 e. The van der Waals surface area contributed by atoms with Gasteiger partial charge in [-0.3, -0.25) is 9.69 Å². The summed E-state index contributed by atoms with van der Waals surface area (Å²) in [5, 5.41) is 3.26. The van der Waals surface area contributed by atoms with E-state index in [9.17, 15) is 4.79 Å². The Bertz CT molecular complexity index is 696. The molecule has 0 saturated heterocycles. The van der Waals surface area contributed by atoms with E-state index in [0.717, 1.165) is 25.9 Å². The molecule has 0 unspecified atom stereocenters. The highest BCUT2D eigenvalue weighted by Gasteiger charge is 2.21. The Balaban J connectivity index is 1.60. The predicted octanol–water partition coefficient (Wildman–Crippen LogP) is 3.95. The lowest BCUT2D eigenvalue weighted by Crippen LogP contribution is -2.41. The molecule has 1 heterocycles. The number of hydrogen-bond donors (Lipinski definition) is 1. The third-order valence-corrected chi connectivity index (χ3v) is 4.82. The molecular formula is C22H28N2O. The smallest absolute Gasteiger partial charge is 0.234 e. The van der Waals surface area contributed by atoms with Crippen LogP contribution in [-0.2, 0) is 17.8 Å². The second kappa shape index (κ2) is 8.30. The number of amides is 1. The number of nitrogens with one attached hydrogen (secondary N) is 1. The number of fused-ring (bicyclic) bond motifs is 1. The van der Waals surface area contributed by atoms with Crippen molar-refractivity contribution in [3.63, 3.8) is 0 Å². The highest BCUT2D eigenvalue weighted by Crippen LogP contribution is 2.22. The van der Waals surface area contributed by atoms with Gasteiger partial charge in [-0.05, 0) is 35.4 Å². The quantitative estimate of drug-likeness (QED) is 0.866. The fourth-order valence-corrected chi connectivity index (χ4v) is 3.57. The summed E-state index contributed by atoms with van der Waals surface area (Å²) in [7, 11) is 0. The molecule has 0 spiro atoms. The van der Waals surface area contributed by atoms with E-state index in [4.69, 9.17) is 0 Å². The van der Waals surface area contributed by atoms with Crippen molar-refractivity contribution in [2.24, 2.45) is 5.92 Å². The molecule has 1 atom stereocenters. The van der Waals surface area contributed by atoms with Crippen molar-refractivity contribution >= 4 is 5.91 Å². The largest absolute Gasteiger partial charge is 0.348 e. The van der Waals surface area contributed by atoms with E-state index < -0.39 is 0 Å². The van der Waals surface area contributed by atoms with Gasteiger partial charge in [-0.15, -0.1) is 0 Å². The molecule has 1 aliphatic heterocycles. The van der Waals surface area contributed by atoms with Crippen LogP contribution in [0.5, 0.6) is 0 Å². The van der Waals surface area contributed by atoms with Crippen LogP contribution < -0.4 is 5.32 Å². The molecule has 2 aromatic rings. The molecule has 132 valence electrons. The van der Waals surface area contributed by atoms with Gasteiger partial charge in [0.2, 0.25) is 5.91 Å². The highest BCUT2D eigenvalue weighted by atomic mass is 16.2. The molecule has 2 aromatic carbocycles. The lowest BCUT2D eigenvalue weighted by Gasteiger charge is -2.29. The summed E-state index contributed by atoms with van der Waals surface area (Å²) in [5.41, 5.74) is 3.96. The lowest BCUT2D eigenvalue weighted by molar-refractivity contribution is -0.123. The van der Waals surface area contributed by atoms with Crippen LogP contribution in [-0.4, -0.2) is 23.9 Å². The van der Waals surface area contributed by atoms with Crippen molar-refractivity contribution in [3.05, 3.63) is 71.3 Å². The van der Waals surface area contributed by atoms with E-state index in [1.54, 1.807) is 0 Å². The first-order valence-electron chi connectivity index (χ1n) is 9.25. The average molecular weight is 336 g/mol. The minimum absolute atomic E-state index is 0.0887.